The van der Waals surface area contributed by atoms with E-state index in [0.29, 0.717) is 11.3 Å². The van der Waals surface area contributed by atoms with E-state index < -0.39 is 17.9 Å². The molecule has 5 nitrogen and oxygen atoms in total. The SMILES string of the molecule is COC(=O)[C@H](C)NC(=O)c1cc2ccccc2cc1N. The van der Waals surface area contributed by atoms with Crippen molar-refractivity contribution in [3.8, 4) is 0 Å². The van der Waals surface area contributed by atoms with Crippen LogP contribution in [0.25, 0.3) is 10.8 Å². The molecule has 0 saturated heterocycles. The van der Waals surface area contributed by atoms with Gasteiger partial charge in [-0.1, -0.05) is 24.3 Å². The van der Waals surface area contributed by atoms with Crippen molar-refractivity contribution < 1.29 is 14.3 Å². The molecule has 0 fully saturated rings. The lowest BCUT2D eigenvalue weighted by molar-refractivity contribution is -0.142. The highest BCUT2D eigenvalue weighted by atomic mass is 16.5. The maximum Gasteiger partial charge on any atom is 0.328 e. The van der Waals surface area contributed by atoms with Gasteiger partial charge in [-0.25, -0.2) is 4.79 Å². The average molecular weight is 272 g/mol. The van der Waals surface area contributed by atoms with E-state index in [1.54, 1.807) is 19.1 Å². The van der Waals surface area contributed by atoms with Gasteiger partial charge in [0.2, 0.25) is 0 Å². The molecule has 2 rings (SSSR count). The van der Waals surface area contributed by atoms with Crippen molar-refractivity contribution in [2.75, 3.05) is 12.8 Å². The largest absolute Gasteiger partial charge is 0.467 e. The van der Waals surface area contributed by atoms with Gasteiger partial charge in [0.25, 0.3) is 5.91 Å². The Hall–Kier alpha value is -2.56. The third-order valence-corrected chi connectivity index (χ3v) is 3.06. The third-order valence-electron chi connectivity index (χ3n) is 3.06. The highest BCUT2D eigenvalue weighted by Crippen LogP contribution is 2.21. The molecule has 104 valence electrons. The van der Waals surface area contributed by atoms with Gasteiger partial charge in [0.15, 0.2) is 0 Å². The van der Waals surface area contributed by atoms with Crippen molar-refractivity contribution in [1.82, 2.24) is 5.32 Å². The van der Waals surface area contributed by atoms with Crippen LogP contribution in [0.1, 0.15) is 17.3 Å². The number of carbonyl (C=O) groups is 2. The maximum absolute atomic E-state index is 12.1. The molecule has 2 aromatic carbocycles. The Bertz CT molecular complexity index is 667. The van der Waals surface area contributed by atoms with E-state index in [2.05, 4.69) is 10.1 Å². The van der Waals surface area contributed by atoms with E-state index in [4.69, 9.17) is 5.73 Å². The summed E-state index contributed by atoms with van der Waals surface area (Å²) in [7, 11) is 1.27. The zero-order valence-corrected chi connectivity index (χ0v) is 11.3. The standard InChI is InChI=1S/C15H16N2O3/c1-9(15(19)20-2)17-14(18)12-7-10-5-3-4-6-11(10)8-13(12)16/h3-9H,16H2,1-2H3,(H,17,18)/t9-/m0/s1. The fourth-order valence-electron chi connectivity index (χ4n) is 1.96. The second-order valence-electron chi connectivity index (χ2n) is 4.50. The van der Waals surface area contributed by atoms with Gasteiger partial charge in [0.05, 0.1) is 12.7 Å². The van der Waals surface area contributed by atoms with Crippen LogP contribution in [0, 0.1) is 0 Å². The van der Waals surface area contributed by atoms with Crippen molar-refractivity contribution >= 4 is 28.3 Å². The molecule has 0 spiro atoms. The van der Waals surface area contributed by atoms with Crippen LogP contribution in [0.5, 0.6) is 0 Å². The molecule has 1 amide bonds. The lowest BCUT2D eigenvalue weighted by atomic mass is 10.0. The summed E-state index contributed by atoms with van der Waals surface area (Å²) in [4.78, 5) is 23.4. The number of hydrogen-bond donors (Lipinski definition) is 2. The average Bonchev–Trinajstić information content (AvgIpc) is 2.45. The van der Waals surface area contributed by atoms with E-state index in [9.17, 15) is 9.59 Å². The Balaban J connectivity index is 2.30. The van der Waals surface area contributed by atoms with Crippen LogP contribution in [0.15, 0.2) is 36.4 Å². The Morgan fingerprint density at radius 3 is 2.40 bits per heavy atom. The van der Waals surface area contributed by atoms with E-state index in [0.717, 1.165) is 10.8 Å². The molecule has 0 aliphatic rings. The van der Waals surface area contributed by atoms with Gasteiger partial charge in [-0.15, -0.1) is 0 Å². The van der Waals surface area contributed by atoms with E-state index in [-0.39, 0.29) is 0 Å². The van der Waals surface area contributed by atoms with Crippen LogP contribution in [-0.4, -0.2) is 25.0 Å². The Labute approximate surface area is 116 Å². The van der Waals surface area contributed by atoms with Gasteiger partial charge in [-0.2, -0.15) is 0 Å². The minimum absolute atomic E-state index is 0.347. The minimum Gasteiger partial charge on any atom is -0.467 e. The summed E-state index contributed by atoms with van der Waals surface area (Å²) >= 11 is 0. The van der Waals surface area contributed by atoms with E-state index in [1.165, 1.54) is 7.11 Å². The molecule has 1 atom stereocenters. The van der Waals surface area contributed by atoms with Crippen LogP contribution in [-0.2, 0) is 9.53 Å². The molecule has 0 bridgehead atoms. The molecular formula is C15H16N2O3. The molecule has 0 heterocycles. The lowest BCUT2D eigenvalue weighted by Crippen LogP contribution is -2.39. The monoisotopic (exact) mass is 272 g/mol. The van der Waals surface area contributed by atoms with E-state index >= 15 is 0 Å². The number of rotatable bonds is 3. The van der Waals surface area contributed by atoms with Crippen molar-refractivity contribution in [3.63, 3.8) is 0 Å². The van der Waals surface area contributed by atoms with Gasteiger partial charge >= 0.3 is 5.97 Å². The highest BCUT2D eigenvalue weighted by molar-refractivity contribution is 6.05. The van der Waals surface area contributed by atoms with Crippen LogP contribution in [0.3, 0.4) is 0 Å². The highest BCUT2D eigenvalue weighted by Gasteiger charge is 2.18. The number of nitrogens with one attached hydrogen (secondary N) is 1. The fourth-order valence-corrected chi connectivity index (χ4v) is 1.96. The molecule has 5 heteroatoms. The molecule has 0 aliphatic carbocycles. The number of fused-ring (bicyclic) bond motifs is 1. The van der Waals surface area contributed by atoms with Crippen molar-refractivity contribution in [3.05, 3.63) is 42.0 Å². The number of esters is 1. The van der Waals surface area contributed by atoms with Crippen LogP contribution >= 0.6 is 0 Å². The predicted molar refractivity (Wildman–Crippen MR) is 77.3 cm³/mol. The smallest absolute Gasteiger partial charge is 0.328 e. The topological polar surface area (TPSA) is 81.4 Å². The number of nitrogens with two attached hydrogens (primary N) is 1. The van der Waals surface area contributed by atoms with Crippen molar-refractivity contribution in [2.45, 2.75) is 13.0 Å². The summed E-state index contributed by atoms with van der Waals surface area (Å²) < 4.78 is 4.56. The summed E-state index contributed by atoms with van der Waals surface area (Å²) in [5, 5.41) is 4.43. The summed E-state index contributed by atoms with van der Waals surface area (Å²) in [6.45, 7) is 1.56. The Morgan fingerprint density at radius 1 is 1.20 bits per heavy atom. The Kier molecular flexibility index (Phi) is 3.89. The number of methoxy groups -OCH3 is 1. The number of amides is 1. The van der Waals surface area contributed by atoms with Crippen LogP contribution < -0.4 is 11.1 Å². The summed E-state index contributed by atoms with van der Waals surface area (Å²) in [5.74, 6) is -0.899. The lowest BCUT2D eigenvalue weighted by Gasteiger charge is -2.13. The van der Waals surface area contributed by atoms with Gasteiger partial charge in [-0.05, 0) is 29.8 Å². The van der Waals surface area contributed by atoms with Gasteiger partial charge in [-0.3, -0.25) is 4.79 Å². The molecule has 0 aliphatic heterocycles. The second-order valence-corrected chi connectivity index (χ2v) is 4.50. The number of benzene rings is 2. The minimum atomic E-state index is -0.724. The summed E-state index contributed by atoms with van der Waals surface area (Å²) in [5.41, 5.74) is 6.61. The zero-order valence-electron chi connectivity index (χ0n) is 11.3. The van der Waals surface area contributed by atoms with Crippen molar-refractivity contribution in [1.29, 1.82) is 0 Å². The van der Waals surface area contributed by atoms with E-state index in [1.807, 2.05) is 24.3 Å². The first-order valence-corrected chi connectivity index (χ1v) is 6.20. The third kappa shape index (κ3) is 2.71. The number of hydrogen-bond acceptors (Lipinski definition) is 4. The van der Waals surface area contributed by atoms with Crippen LogP contribution in [0.2, 0.25) is 0 Å². The number of carbonyl (C=O) groups excluding carboxylic acids is 2. The second kappa shape index (κ2) is 5.61. The normalized spacial score (nSPS) is 11.9. The number of ether oxygens (including phenoxy) is 1. The molecule has 3 N–H and O–H groups in total. The molecule has 20 heavy (non-hydrogen) atoms. The summed E-state index contributed by atoms with van der Waals surface area (Å²) in [6, 6.07) is 10.3. The van der Waals surface area contributed by atoms with Gasteiger partial charge in [0.1, 0.15) is 6.04 Å². The number of nitrogen functional groups attached to an aromatic ring is 1. The molecular weight excluding hydrogens is 256 g/mol. The first-order valence-electron chi connectivity index (χ1n) is 6.20. The molecule has 0 unspecified atom stereocenters. The maximum atomic E-state index is 12.1. The zero-order chi connectivity index (χ0) is 14.7. The first kappa shape index (κ1) is 13.9. The molecule has 0 saturated carbocycles. The van der Waals surface area contributed by atoms with Crippen LogP contribution in [0.4, 0.5) is 5.69 Å². The fraction of sp³-hybridized carbons (Fsp3) is 0.200. The molecule has 0 radical (unpaired) electrons. The first-order chi connectivity index (χ1) is 9.52. The van der Waals surface area contributed by atoms with Crippen molar-refractivity contribution in [2.24, 2.45) is 0 Å². The van der Waals surface area contributed by atoms with Gasteiger partial charge < -0.3 is 15.8 Å². The van der Waals surface area contributed by atoms with Gasteiger partial charge in [0, 0.05) is 5.69 Å². The molecule has 2 aromatic rings. The Morgan fingerprint density at radius 2 is 1.80 bits per heavy atom. The summed E-state index contributed by atoms with van der Waals surface area (Å²) in [6.07, 6.45) is 0. The quantitative estimate of drug-likeness (QED) is 0.658. The molecule has 0 aromatic heterocycles. The number of anilines is 1. The predicted octanol–water partition coefficient (Wildman–Crippen LogP) is 1.71.